The Morgan fingerprint density at radius 2 is 1.92 bits per heavy atom. The van der Waals surface area contributed by atoms with Crippen molar-refractivity contribution < 1.29 is 17.9 Å². The second-order valence-corrected chi connectivity index (χ2v) is 8.70. The zero-order valence-corrected chi connectivity index (χ0v) is 14.6. The molecule has 0 radical (unpaired) electrons. The summed E-state index contributed by atoms with van der Waals surface area (Å²) in [5.41, 5.74) is 2.27. The Hall–Kier alpha value is -1.44. The molecule has 1 amide bonds. The van der Waals surface area contributed by atoms with E-state index < -0.39 is 15.8 Å². The van der Waals surface area contributed by atoms with Gasteiger partial charge in [0.1, 0.15) is 0 Å². The summed E-state index contributed by atoms with van der Waals surface area (Å²) in [6, 6.07) is 8.06. The largest absolute Gasteiger partial charge is 0.379 e. The lowest BCUT2D eigenvalue weighted by Crippen LogP contribution is -2.36. The van der Waals surface area contributed by atoms with Gasteiger partial charge in [-0.25, -0.2) is 8.42 Å². The smallest absolute Gasteiger partial charge is 0.224 e. The normalized spacial score (nSPS) is 23.9. The van der Waals surface area contributed by atoms with Crippen LogP contribution in [0, 0.1) is 5.92 Å². The van der Waals surface area contributed by atoms with E-state index in [0.29, 0.717) is 13.0 Å². The van der Waals surface area contributed by atoms with Crippen LogP contribution in [-0.4, -0.2) is 57.0 Å². The van der Waals surface area contributed by atoms with Gasteiger partial charge in [0.2, 0.25) is 5.91 Å². The van der Waals surface area contributed by atoms with Gasteiger partial charge in [-0.3, -0.25) is 9.69 Å². The molecule has 0 aliphatic carbocycles. The topological polar surface area (TPSA) is 75.7 Å². The molecule has 1 atom stereocenters. The molecule has 1 aromatic carbocycles. The third kappa shape index (κ3) is 4.55. The third-order valence-corrected chi connectivity index (χ3v) is 6.44. The van der Waals surface area contributed by atoms with Gasteiger partial charge in [-0.1, -0.05) is 24.3 Å². The first-order valence-corrected chi connectivity index (χ1v) is 10.2. The van der Waals surface area contributed by atoms with Crippen LogP contribution in [0.25, 0.3) is 0 Å². The van der Waals surface area contributed by atoms with Gasteiger partial charge < -0.3 is 10.1 Å². The quantitative estimate of drug-likeness (QED) is 0.838. The van der Waals surface area contributed by atoms with Crippen molar-refractivity contribution in [2.24, 2.45) is 5.92 Å². The van der Waals surface area contributed by atoms with Crippen LogP contribution in [0.5, 0.6) is 0 Å². The Balaban J connectivity index is 1.58. The molecule has 2 fully saturated rings. The van der Waals surface area contributed by atoms with E-state index in [1.165, 1.54) is 5.56 Å². The van der Waals surface area contributed by atoms with Crippen molar-refractivity contribution in [3.63, 3.8) is 0 Å². The fourth-order valence-corrected chi connectivity index (χ4v) is 4.95. The summed E-state index contributed by atoms with van der Waals surface area (Å²) in [5, 5.41) is 2.91. The number of carbonyl (C=O) groups excluding carboxylic acids is 1. The summed E-state index contributed by atoms with van der Waals surface area (Å²) in [7, 11) is -3.03. The van der Waals surface area contributed by atoms with E-state index >= 15 is 0 Å². The summed E-state index contributed by atoms with van der Waals surface area (Å²) < 4.78 is 28.4. The van der Waals surface area contributed by atoms with Crippen molar-refractivity contribution in [3.05, 3.63) is 35.4 Å². The maximum Gasteiger partial charge on any atom is 0.224 e. The highest BCUT2D eigenvalue weighted by atomic mass is 32.2. The van der Waals surface area contributed by atoms with Crippen molar-refractivity contribution in [1.29, 1.82) is 0 Å². The lowest BCUT2D eigenvalue weighted by atomic mass is 10.1. The number of hydrogen-bond donors (Lipinski definition) is 1. The van der Waals surface area contributed by atoms with E-state index in [-0.39, 0.29) is 17.4 Å². The molecule has 0 aromatic heterocycles. The molecule has 132 valence electrons. The lowest BCUT2D eigenvalue weighted by molar-refractivity contribution is -0.124. The predicted octanol–water partition coefficient (Wildman–Crippen LogP) is 0.570. The summed E-state index contributed by atoms with van der Waals surface area (Å²) in [6.07, 6.45) is 0.434. The van der Waals surface area contributed by atoms with Crippen molar-refractivity contribution in [3.8, 4) is 0 Å². The Labute approximate surface area is 143 Å². The molecule has 1 aromatic rings. The highest BCUT2D eigenvalue weighted by molar-refractivity contribution is 7.91. The molecule has 0 spiro atoms. The number of carbonyl (C=O) groups is 1. The Morgan fingerprint density at radius 1 is 1.21 bits per heavy atom. The van der Waals surface area contributed by atoms with Crippen molar-refractivity contribution in [2.75, 3.05) is 37.8 Å². The average Bonchev–Trinajstić information content (AvgIpc) is 2.95. The van der Waals surface area contributed by atoms with Crippen LogP contribution in [0.15, 0.2) is 24.3 Å². The second-order valence-electron chi connectivity index (χ2n) is 6.47. The molecular formula is C17H24N2O4S. The van der Waals surface area contributed by atoms with E-state index in [4.69, 9.17) is 4.74 Å². The van der Waals surface area contributed by atoms with Gasteiger partial charge in [0.25, 0.3) is 0 Å². The fraction of sp³-hybridized carbons (Fsp3) is 0.588. The molecule has 2 saturated heterocycles. The molecule has 7 heteroatoms. The lowest BCUT2D eigenvalue weighted by Gasteiger charge is -2.27. The van der Waals surface area contributed by atoms with Crippen LogP contribution < -0.4 is 5.32 Å². The van der Waals surface area contributed by atoms with Crippen LogP contribution in [0.4, 0.5) is 0 Å². The van der Waals surface area contributed by atoms with Gasteiger partial charge in [0.05, 0.1) is 30.6 Å². The minimum atomic E-state index is -3.03. The van der Waals surface area contributed by atoms with Gasteiger partial charge in [-0.2, -0.15) is 0 Å². The molecule has 1 N–H and O–H groups in total. The highest BCUT2D eigenvalue weighted by Gasteiger charge is 2.32. The third-order valence-electron chi connectivity index (χ3n) is 4.67. The Morgan fingerprint density at radius 3 is 2.58 bits per heavy atom. The van der Waals surface area contributed by atoms with Gasteiger partial charge >= 0.3 is 0 Å². The van der Waals surface area contributed by atoms with Gasteiger partial charge in [-0.15, -0.1) is 0 Å². The summed E-state index contributed by atoms with van der Waals surface area (Å²) in [4.78, 5) is 14.5. The minimum Gasteiger partial charge on any atom is -0.379 e. The number of nitrogens with zero attached hydrogens (tertiary/aromatic N) is 1. The first kappa shape index (κ1) is 17.4. The van der Waals surface area contributed by atoms with E-state index in [2.05, 4.69) is 16.3 Å². The van der Waals surface area contributed by atoms with E-state index in [1.807, 2.05) is 18.2 Å². The molecular weight excluding hydrogens is 328 g/mol. The van der Waals surface area contributed by atoms with Gasteiger partial charge in [0.15, 0.2) is 9.84 Å². The monoisotopic (exact) mass is 352 g/mol. The number of amides is 1. The molecule has 0 saturated carbocycles. The molecule has 2 aliphatic rings. The van der Waals surface area contributed by atoms with Crippen LogP contribution in [0.3, 0.4) is 0 Å². The summed E-state index contributed by atoms with van der Waals surface area (Å²) in [6.45, 7) is 4.63. The van der Waals surface area contributed by atoms with Crippen LogP contribution in [-0.2, 0) is 32.5 Å². The molecule has 2 aliphatic heterocycles. The molecule has 0 bridgehead atoms. The molecule has 3 rings (SSSR count). The molecule has 6 nitrogen and oxygen atoms in total. The number of ether oxygens (including phenoxy) is 1. The molecule has 1 unspecified atom stereocenters. The number of hydrogen-bond acceptors (Lipinski definition) is 5. The maximum atomic E-state index is 12.2. The summed E-state index contributed by atoms with van der Waals surface area (Å²) in [5.74, 6) is -0.453. The first-order chi connectivity index (χ1) is 11.5. The number of morpholine rings is 1. The Bertz CT molecular complexity index is 684. The number of sulfone groups is 1. The zero-order chi connectivity index (χ0) is 17.0. The standard InChI is InChI=1S/C17H24N2O4S/c20-17(16-5-10-24(21,22)13-16)18-11-14-3-1-2-4-15(14)12-19-6-8-23-9-7-19/h1-4,16H,5-13H2,(H,18,20). The Kier molecular flexibility index (Phi) is 5.53. The molecule has 2 heterocycles. The first-order valence-electron chi connectivity index (χ1n) is 8.38. The van der Waals surface area contributed by atoms with Crippen LogP contribution in [0.2, 0.25) is 0 Å². The summed E-state index contributed by atoms with van der Waals surface area (Å²) >= 11 is 0. The fourth-order valence-electron chi connectivity index (χ4n) is 3.21. The van der Waals surface area contributed by atoms with E-state index in [0.717, 1.165) is 38.4 Å². The van der Waals surface area contributed by atoms with Gasteiger partial charge in [-0.05, 0) is 17.5 Å². The van der Waals surface area contributed by atoms with E-state index in [9.17, 15) is 13.2 Å². The van der Waals surface area contributed by atoms with E-state index in [1.54, 1.807) is 0 Å². The SMILES string of the molecule is O=C(NCc1ccccc1CN1CCOCC1)C1CCS(=O)(=O)C1. The van der Waals surface area contributed by atoms with Crippen molar-refractivity contribution in [1.82, 2.24) is 10.2 Å². The van der Waals surface area contributed by atoms with Gasteiger partial charge in [0, 0.05) is 26.2 Å². The maximum absolute atomic E-state index is 12.2. The minimum absolute atomic E-state index is 0.0196. The average molecular weight is 352 g/mol. The highest BCUT2D eigenvalue weighted by Crippen LogP contribution is 2.19. The number of benzene rings is 1. The number of nitrogens with one attached hydrogen (secondary N) is 1. The van der Waals surface area contributed by atoms with Crippen molar-refractivity contribution in [2.45, 2.75) is 19.5 Å². The number of rotatable bonds is 5. The predicted molar refractivity (Wildman–Crippen MR) is 91.1 cm³/mol. The van der Waals surface area contributed by atoms with Crippen LogP contribution >= 0.6 is 0 Å². The molecule has 24 heavy (non-hydrogen) atoms. The van der Waals surface area contributed by atoms with Crippen molar-refractivity contribution >= 4 is 15.7 Å². The van der Waals surface area contributed by atoms with Crippen LogP contribution in [0.1, 0.15) is 17.5 Å². The second kappa shape index (κ2) is 7.63. The zero-order valence-electron chi connectivity index (χ0n) is 13.7.